The highest BCUT2D eigenvalue weighted by Gasteiger charge is 2.15. The third-order valence-corrected chi connectivity index (χ3v) is 4.44. The molecule has 0 atom stereocenters. The van der Waals surface area contributed by atoms with Crippen LogP contribution < -0.4 is 0 Å². The Balaban J connectivity index is 2.33. The van der Waals surface area contributed by atoms with Crippen LogP contribution in [0.2, 0.25) is 0 Å². The van der Waals surface area contributed by atoms with Crippen molar-refractivity contribution in [1.82, 2.24) is 9.55 Å². The topological polar surface area (TPSA) is 17.8 Å². The molecule has 21 heavy (non-hydrogen) atoms. The Hall–Kier alpha value is -1.32. The average Bonchev–Trinajstić information content (AvgIpc) is 2.79. The third kappa shape index (κ3) is 2.60. The first-order valence-corrected chi connectivity index (χ1v) is 8.24. The fraction of sp³-hybridized carbons (Fsp3) is 0.235. The minimum absolute atomic E-state index is 0.561. The zero-order valence-electron chi connectivity index (χ0n) is 12.0. The molecule has 2 nitrogen and oxygen atoms in total. The normalized spacial score (nSPS) is 11.2. The number of rotatable bonds is 3. The van der Waals surface area contributed by atoms with Crippen molar-refractivity contribution in [3.05, 3.63) is 57.8 Å². The van der Waals surface area contributed by atoms with Crippen LogP contribution in [0, 0.1) is 13.8 Å². The van der Waals surface area contributed by atoms with Crippen molar-refractivity contribution in [3.8, 4) is 5.69 Å². The van der Waals surface area contributed by atoms with Crippen molar-refractivity contribution in [3.63, 3.8) is 0 Å². The van der Waals surface area contributed by atoms with Gasteiger partial charge in [0.2, 0.25) is 0 Å². The van der Waals surface area contributed by atoms with Gasteiger partial charge in [0.1, 0.15) is 5.82 Å². The van der Waals surface area contributed by atoms with Gasteiger partial charge in [0.05, 0.1) is 16.7 Å². The van der Waals surface area contributed by atoms with E-state index in [0.29, 0.717) is 5.88 Å². The van der Waals surface area contributed by atoms with Crippen molar-refractivity contribution < 1.29 is 0 Å². The van der Waals surface area contributed by atoms with E-state index in [2.05, 4.69) is 70.7 Å². The SMILES string of the molecule is Cc1ccc(-n2c(CCCl)nc3c(C)cccc32)c(Br)c1. The quantitative estimate of drug-likeness (QED) is 0.586. The number of aromatic nitrogens is 2. The molecule has 4 heteroatoms. The minimum atomic E-state index is 0.561. The van der Waals surface area contributed by atoms with Gasteiger partial charge in [-0.1, -0.05) is 18.2 Å². The molecule has 0 saturated heterocycles. The second-order valence-corrected chi connectivity index (χ2v) is 6.43. The van der Waals surface area contributed by atoms with Gasteiger partial charge in [-0.2, -0.15) is 0 Å². The molecule has 2 aromatic carbocycles. The van der Waals surface area contributed by atoms with Crippen LogP contribution in [0.1, 0.15) is 17.0 Å². The van der Waals surface area contributed by atoms with Gasteiger partial charge in [0.25, 0.3) is 0 Å². The smallest absolute Gasteiger partial charge is 0.115 e. The first-order valence-electron chi connectivity index (χ1n) is 6.91. The molecule has 0 aliphatic heterocycles. The Morgan fingerprint density at radius 2 is 2.00 bits per heavy atom. The fourth-order valence-corrected chi connectivity index (χ4v) is 3.44. The first-order chi connectivity index (χ1) is 10.1. The summed E-state index contributed by atoms with van der Waals surface area (Å²) < 4.78 is 3.27. The lowest BCUT2D eigenvalue weighted by Crippen LogP contribution is -2.03. The summed E-state index contributed by atoms with van der Waals surface area (Å²) in [5.74, 6) is 1.56. The van der Waals surface area contributed by atoms with Crippen LogP contribution in [0.15, 0.2) is 40.9 Å². The monoisotopic (exact) mass is 362 g/mol. The number of hydrogen-bond acceptors (Lipinski definition) is 1. The second-order valence-electron chi connectivity index (χ2n) is 5.20. The lowest BCUT2D eigenvalue weighted by atomic mass is 10.2. The lowest BCUT2D eigenvalue weighted by Gasteiger charge is -2.11. The zero-order chi connectivity index (χ0) is 15.0. The molecule has 0 fully saturated rings. The Labute approximate surface area is 137 Å². The van der Waals surface area contributed by atoms with Gasteiger partial charge in [0.15, 0.2) is 0 Å². The van der Waals surface area contributed by atoms with Gasteiger partial charge in [-0.3, -0.25) is 4.57 Å². The molecule has 0 saturated carbocycles. The molecule has 1 aromatic heterocycles. The van der Waals surface area contributed by atoms with Crippen LogP contribution in [0.3, 0.4) is 0 Å². The van der Waals surface area contributed by atoms with Gasteiger partial charge in [-0.05, 0) is 59.1 Å². The number of aryl methyl sites for hydroxylation is 3. The molecule has 1 heterocycles. The zero-order valence-corrected chi connectivity index (χ0v) is 14.4. The molecule has 3 aromatic rings. The second kappa shape index (κ2) is 5.82. The largest absolute Gasteiger partial charge is 0.295 e. The van der Waals surface area contributed by atoms with Crippen LogP contribution in [0.5, 0.6) is 0 Å². The van der Waals surface area contributed by atoms with Crippen LogP contribution in [-0.4, -0.2) is 15.4 Å². The van der Waals surface area contributed by atoms with E-state index in [4.69, 9.17) is 16.6 Å². The van der Waals surface area contributed by atoms with E-state index in [0.717, 1.165) is 33.4 Å². The van der Waals surface area contributed by atoms with Gasteiger partial charge < -0.3 is 0 Å². The number of fused-ring (bicyclic) bond motifs is 1. The van der Waals surface area contributed by atoms with Crippen LogP contribution in [-0.2, 0) is 6.42 Å². The van der Waals surface area contributed by atoms with E-state index in [-0.39, 0.29) is 0 Å². The molecule has 0 amide bonds. The minimum Gasteiger partial charge on any atom is -0.295 e. The maximum absolute atomic E-state index is 5.96. The summed E-state index contributed by atoms with van der Waals surface area (Å²) in [5, 5.41) is 0. The van der Waals surface area contributed by atoms with Gasteiger partial charge in [0, 0.05) is 16.8 Å². The van der Waals surface area contributed by atoms with Crippen LogP contribution in [0.25, 0.3) is 16.7 Å². The molecule has 0 aliphatic carbocycles. The van der Waals surface area contributed by atoms with Gasteiger partial charge in [-0.25, -0.2) is 4.98 Å². The molecule has 108 valence electrons. The van der Waals surface area contributed by atoms with Crippen molar-refractivity contribution in [2.45, 2.75) is 20.3 Å². The van der Waals surface area contributed by atoms with Crippen LogP contribution in [0.4, 0.5) is 0 Å². The maximum Gasteiger partial charge on any atom is 0.115 e. The average molecular weight is 364 g/mol. The maximum atomic E-state index is 5.96. The molecule has 0 aliphatic rings. The summed E-state index contributed by atoms with van der Waals surface area (Å²) in [6, 6.07) is 12.6. The fourth-order valence-electron chi connectivity index (χ4n) is 2.60. The van der Waals surface area contributed by atoms with Crippen molar-refractivity contribution in [1.29, 1.82) is 0 Å². The number of imidazole rings is 1. The van der Waals surface area contributed by atoms with Crippen molar-refractivity contribution in [2.75, 3.05) is 5.88 Å². The van der Waals surface area contributed by atoms with Crippen molar-refractivity contribution >= 4 is 38.6 Å². The Morgan fingerprint density at radius 1 is 1.19 bits per heavy atom. The van der Waals surface area contributed by atoms with E-state index in [1.165, 1.54) is 11.1 Å². The number of benzene rings is 2. The summed E-state index contributed by atoms with van der Waals surface area (Å²) in [5.41, 5.74) is 5.69. The summed E-state index contributed by atoms with van der Waals surface area (Å²) in [6.45, 7) is 4.18. The van der Waals surface area contributed by atoms with Crippen molar-refractivity contribution in [2.24, 2.45) is 0 Å². The molecule has 0 unspecified atom stereocenters. The standard InChI is InChI=1S/C17H16BrClN2/c1-11-6-7-14(13(18)10-11)21-15-5-3-4-12(2)17(15)20-16(21)8-9-19/h3-7,10H,8-9H2,1-2H3. The highest BCUT2D eigenvalue weighted by molar-refractivity contribution is 9.10. The van der Waals surface area contributed by atoms with E-state index in [9.17, 15) is 0 Å². The highest BCUT2D eigenvalue weighted by atomic mass is 79.9. The molecule has 0 spiro atoms. The predicted octanol–water partition coefficient (Wildman–Crippen LogP) is 5.19. The van der Waals surface area contributed by atoms with E-state index in [1.54, 1.807) is 0 Å². The Kier molecular flexibility index (Phi) is 4.05. The highest BCUT2D eigenvalue weighted by Crippen LogP contribution is 2.29. The molecular formula is C17H16BrClN2. The molecular weight excluding hydrogens is 348 g/mol. The Morgan fingerprint density at radius 3 is 2.71 bits per heavy atom. The van der Waals surface area contributed by atoms with Gasteiger partial charge >= 0.3 is 0 Å². The first kappa shape index (κ1) is 14.6. The van der Waals surface area contributed by atoms with Gasteiger partial charge in [-0.15, -0.1) is 11.6 Å². The van der Waals surface area contributed by atoms with E-state index >= 15 is 0 Å². The summed E-state index contributed by atoms with van der Waals surface area (Å²) >= 11 is 9.64. The lowest BCUT2D eigenvalue weighted by molar-refractivity contribution is 0.909. The van der Waals surface area contributed by atoms with E-state index < -0.39 is 0 Å². The summed E-state index contributed by atoms with van der Waals surface area (Å²) in [6.07, 6.45) is 0.746. The number of hydrogen-bond donors (Lipinski definition) is 0. The van der Waals surface area contributed by atoms with Crippen LogP contribution >= 0.6 is 27.5 Å². The molecule has 3 rings (SSSR count). The number of nitrogens with zero attached hydrogens (tertiary/aromatic N) is 2. The number of para-hydroxylation sites is 1. The summed E-state index contributed by atoms with van der Waals surface area (Å²) in [7, 11) is 0. The molecule has 0 radical (unpaired) electrons. The van der Waals surface area contributed by atoms with E-state index in [1.807, 2.05) is 0 Å². The third-order valence-electron chi connectivity index (χ3n) is 3.62. The number of halogens is 2. The molecule has 0 N–H and O–H groups in total. The summed E-state index contributed by atoms with van der Waals surface area (Å²) in [4.78, 5) is 4.80. The number of alkyl halides is 1. The Bertz CT molecular complexity index is 808. The molecule has 0 bridgehead atoms. The predicted molar refractivity (Wildman–Crippen MR) is 92.7 cm³/mol.